The fourth-order valence-corrected chi connectivity index (χ4v) is 3.09. The molecule has 0 unspecified atom stereocenters. The van der Waals surface area contributed by atoms with Gasteiger partial charge in [-0.2, -0.15) is 0 Å². The Labute approximate surface area is 133 Å². The molecule has 110 valence electrons. The van der Waals surface area contributed by atoms with Crippen molar-refractivity contribution in [3.63, 3.8) is 0 Å². The molecule has 1 saturated heterocycles. The van der Waals surface area contributed by atoms with Crippen molar-refractivity contribution in [2.45, 2.75) is 26.2 Å². The SMILES string of the molecule is Cc1cc(Br)ccc1Nc1cc(N2CCCCC2)ncn1. The second-order valence-corrected chi connectivity index (χ2v) is 6.31. The van der Waals surface area contributed by atoms with E-state index in [2.05, 4.69) is 55.2 Å². The number of piperidine rings is 1. The van der Waals surface area contributed by atoms with Crippen LogP contribution in [0.5, 0.6) is 0 Å². The fourth-order valence-electron chi connectivity index (χ4n) is 2.62. The summed E-state index contributed by atoms with van der Waals surface area (Å²) >= 11 is 3.49. The zero-order valence-electron chi connectivity index (χ0n) is 12.1. The van der Waals surface area contributed by atoms with Crippen molar-refractivity contribution in [1.82, 2.24) is 9.97 Å². The van der Waals surface area contributed by atoms with Gasteiger partial charge in [-0.1, -0.05) is 15.9 Å². The monoisotopic (exact) mass is 346 g/mol. The Balaban J connectivity index is 1.79. The molecule has 3 rings (SSSR count). The Morgan fingerprint density at radius 3 is 2.67 bits per heavy atom. The molecule has 0 spiro atoms. The zero-order valence-corrected chi connectivity index (χ0v) is 13.7. The molecule has 0 saturated carbocycles. The molecule has 2 heterocycles. The highest BCUT2D eigenvalue weighted by Gasteiger charge is 2.12. The Bertz CT molecular complexity index is 623. The highest BCUT2D eigenvalue weighted by atomic mass is 79.9. The molecular weight excluding hydrogens is 328 g/mol. The predicted octanol–water partition coefficient (Wildman–Crippen LogP) is 4.28. The lowest BCUT2D eigenvalue weighted by Crippen LogP contribution is -2.30. The number of rotatable bonds is 3. The summed E-state index contributed by atoms with van der Waals surface area (Å²) in [5.74, 6) is 1.86. The van der Waals surface area contributed by atoms with Gasteiger partial charge in [-0.05, 0) is 49.9 Å². The van der Waals surface area contributed by atoms with E-state index >= 15 is 0 Å². The summed E-state index contributed by atoms with van der Waals surface area (Å²) in [6.07, 6.45) is 5.46. The maximum Gasteiger partial charge on any atom is 0.135 e. The number of aryl methyl sites for hydroxylation is 1. The first kappa shape index (κ1) is 14.3. The first-order chi connectivity index (χ1) is 10.2. The summed E-state index contributed by atoms with van der Waals surface area (Å²) < 4.78 is 1.09. The van der Waals surface area contributed by atoms with Gasteiger partial charge in [-0.25, -0.2) is 9.97 Å². The van der Waals surface area contributed by atoms with Crippen LogP contribution in [0.25, 0.3) is 0 Å². The van der Waals surface area contributed by atoms with E-state index < -0.39 is 0 Å². The van der Waals surface area contributed by atoms with E-state index in [0.29, 0.717) is 0 Å². The number of hydrogen-bond acceptors (Lipinski definition) is 4. The van der Waals surface area contributed by atoms with Gasteiger partial charge in [0.25, 0.3) is 0 Å². The molecule has 2 aromatic rings. The Morgan fingerprint density at radius 2 is 1.90 bits per heavy atom. The van der Waals surface area contributed by atoms with E-state index in [0.717, 1.165) is 34.9 Å². The van der Waals surface area contributed by atoms with Gasteiger partial charge >= 0.3 is 0 Å². The van der Waals surface area contributed by atoms with Gasteiger partial charge in [0, 0.05) is 29.3 Å². The number of aromatic nitrogens is 2. The van der Waals surface area contributed by atoms with Crippen molar-refractivity contribution < 1.29 is 0 Å². The number of halogens is 1. The Hall–Kier alpha value is -1.62. The summed E-state index contributed by atoms with van der Waals surface area (Å²) in [4.78, 5) is 11.1. The number of benzene rings is 1. The van der Waals surface area contributed by atoms with Crippen LogP contribution in [0.3, 0.4) is 0 Å². The zero-order chi connectivity index (χ0) is 14.7. The minimum absolute atomic E-state index is 0.844. The molecule has 5 heteroatoms. The lowest BCUT2D eigenvalue weighted by Gasteiger charge is -2.27. The normalized spacial score (nSPS) is 15.0. The summed E-state index contributed by atoms with van der Waals surface area (Å²) in [5, 5.41) is 3.38. The number of anilines is 3. The maximum atomic E-state index is 4.41. The highest BCUT2D eigenvalue weighted by Crippen LogP contribution is 2.25. The minimum Gasteiger partial charge on any atom is -0.356 e. The lowest BCUT2D eigenvalue weighted by molar-refractivity contribution is 0.573. The van der Waals surface area contributed by atoms with Crippen LogP contribution in [-0.2, 0) is 0 Å². The summed E-state index contributed by atoms with van der Waals surface area (Å²) in [6, 6.07) is 8.21. The third-order valence-electron chi connectivity index (χ3n) is 3.78. The molecule has 0 atom stereocenters. The maximum absolute atomic E-state index is 4.41. The first-order valence-electron chi connectivity index (χ1n) is 7.32. The van der Waals surface area contributed by atoms with Crippen molar-refractivity contribution in [3.05, 3.63) is 40.6 Å². The average molecular weight is 347 g/mol. The van der Waals surface area contributed by atoms with Crippen LogP contribution in [0.2, 0.25) is 0 Å². The quantitative estimate of drug-likeness (QED) is 0.900. The molecule has 0 bridgehead atoms. The van der Waals surface area contributed by atoms with Crippen molar-refractivity contribution in [2.24, 2.45) is 0 Å². The topological polar surface area (TPSA) is 41.0 Å². The molecule has 1 aromatic carbocycles. The van der Waals surface area contributed by atoms with E-state index in [-0.39, 0.29) is 0 Å². The van der Waals surface area contributed by atoms with Gasteiger partial charge in [0.1, 0.15) is 18.0 Å². The second-order valence-electron chi connectivity index (χ2n) is 5.39. The number of nitrogens with zero attached hydrogens (tertiary/aromatic N) is 3. The third kappa shape index (κ3) is 3.53. The van der Waals surface area contributed by atoms with Gasteiger partial charge in [-0.15, -0.1) is 0 Å². The minimum atomic E-state index is 0.844. The van der Waals surface area contributed by atoms with Crippen LogP contribution in [0.4, 0.5) is 17.3 Å². The van der Waals surface area contributed by atoms with Crippen molar-refractivity contribution in [1.29, 1.82) is 0 Å². The number of nitrogens with one attached hydrogen (secondary N) is 1. The van der Waals surface area contributed by atoms with Crippen LogP contribution < -0.4 is 10.2 Å². The lowest BCUT2D eigenvalue weighted by atomic mass is 10.1. The smallest absolute Gasteiger partial charge is 0.135 e. The van der Waals surface area contributed by atoms with Gasteiger partial charge in [0.15, 0.2) is 0 Å². The van der Waals surface area contributed by atoms with E-state index in [1.165, 1.54) is 24.8 Å². The van der Waals surface area contributed by atoms with Crippen LogP contribution >= 0.6 is 15.9 Å². The number of hydrogen-bond donors (Lipinski definition) is 1. The van der Waals surface area contributed by atoms with E-state index in [1.807, 2.05) is 12.1 Å². The second kappa shape index (κ2) is 6.43. The fraction of sp³-hybridized carbons (Fsp3) is 0.375. The van der Waals surface area contributed by atoms with Gasteiger partial charge in [0.2, 0.25) is 0 Å². The molecule has 1 fully saturated rings. The summed E-state index contributed by atoms with van der Waals surface area (Å²) in [6.45, 7) is 4.27. The molecule has 0 amide bonds. The van der Waals surface area contributed by atoms with Crippen molar-refractivity contribution in [2.75, 3.05) is 23.3 Å². The van der Waals surface area contributed by atoms with Gasteiger partial charge < -0.3 is 10.2 Å². The predicted molar refractivity (Wildman–Crippen MR) is 90.3 cm³/mol. The van der Waals surface area contributed by atoms with Gasteiger partial charge in [-0.3, -0.25) is 0 Å². The van der Waals surface area contributed by atoms with E-state index in [9.17, 15) is 0 Å². The molecule has 1 N–H and O–H groups in total. The molecule has 1 aliphatic heterocycles. The molecule has 1 aliphatic rings. The average Bonchev–Trinajstić information content (AvgIpc) is 2.51. The summed E-state index contributed by atoms with van der Waals surface area (Å²) in [7, 11) is 0. The molecular formula is C16H19BrN4. The third-order valence-corrected chi connectivity index (χ3v) is 4.28. The van der Waals surface area contributed by atoms with Crippen LogP contribution in [-0.4, -0.2) is 23.1 Å². The molecule has 0 aliphatic carbocycles. The van der Waals surface area contributed by atoms with Crippen LogP contribution in [0.1, 0.15) is 24.8 Å². The largest absolute Gasteiger partial charge is 0.356 e. The van der Waals surface area contributed by atoms with Crippen LogP contribution in [0, 0.1) is 6.92 Å². The van der Waals surface area contributed by atoms with Crippen molar-refractivity contribution in [3.8, 4) is 0 Å². The van der Waals surface area contributed by atoms with E-state index in [4.69, 9.17) is 0 Å². The Morgan fingerprint density at radius 1 is 1.10 bits per heavy atom. The van der Waals surface area contributed by atoms with Crippen LogP contribution in [0.15, 0.2) is 35.1 Å². The molecule has 21 heavy (non-hydrogen) atoms. The molecule has 1 aromatic heterocycles. The molecule has 4 nitrogen and oxygen atoms in total. The summed E-state index contributed by atoms with van der Waals surface area (Å²) in [5.41, 5.74) is 2.25. The Kier molecular flexibility index (Phi) is 4.39. The highest BCUT2D eigenvalue weighted by molar-refractivity contribution is 9.10. The molecule has 0 radical (unpaired) electrons. The van der Waals surface area contributed by atoms with E-state index in [1.54, 1.807) is 6.33 Å². The standard InChI is InChI=1S/C16H19BrN4/c1-12-9-13(17)5-6-14(12)20-15-10-16(19-11-18-15)21-7-3-2-4-8-21/h5-6,9-11H,2-4,7-8H2,1H3,(H,18,19,20). The van der Waals surface area contributed by atoms with Crippen molar-refractivity contribution >= 4 is 33.3 Å². The first-order valence-corrected chi connectivity index (χ1v) is 8.12. The van der Waals surface area contributed by atoms with Gasteiger partial charge in [0.05, 0.1) is 0 Å².